The number of amides is 1. The van der Waals surface area contributed by atoms with Crippen LogP contribution in [0.3, 0.4) is 0 Å². The highest BCUT2D eigenvalue weighted by molar-refractivity contribution is 5.46. The van der Waals surface area contributed by atoms with Crippen molar-refractivity contribution in [2.75, 3.05) is 6.54 Å². The Morgan fingerprint density at radius 3 is 2.13 bits per heavy atom. The summed E-state index contributed by atoms with van der Waals surface area (Å²) in [6.07, 6.45) is 1.96. The quantitative estimate of drug-likeness (QED) is 0.605. The zero-order valence-electron chi connectivity index (χ0n) is 10.7. The highest BCUT2D eigenvalue weighted by Gasteiger charge is 2.13. The van der Waals surface area contributed by atoms with Crippen LogP contribution in [0.15, 0.2) is 0 Å². The lowest BCUT2D eigenvalue weighted by atomic mass is 10.0. The van der Waals surface area contributed by atoms with Gasteiger partial charge in [0.05, 0.1) is 0 Å². The minimum absolute atomic E-state index is 0.233. The summed E-state index contributed by atoms with van der Waals surface area (Å²) in [7, 11) is 0. The van der Waals surface area contributed by atoms with Gasteiger partial charge in [-0.05, 0) is 25.2 Å². The van der Waals surface area contributed by atoms with Gasteiger partial charge in [0, 0.05) is 18.6 Å². The Bertz CT molecular complexity index is 169. The molecule has 15 heavy (non-hydrogen) atoms. The lowest BCUT2D eigenvalue weighted by molar-refractivity contribution is -0.110. The van der Waals surface area contributed by atoms with E-state index in [9.17, 15) is 4.79 Å². The largest absolute Gasteiger partial charge is 0.354 e. The van der Waals surface area contributed by atoms with Crippen LogP contribution in [0.25, 0.3) is 0 Å². The first-order chi connectivity index (χ1) is 6.97. The topological polar surface area (TPSA) is 41.1 Å². The van der Waals surface area contributed by atoms with Crippen LogP contribution < -0.4 is 10.6 Å². The third-order valence-corrected chi connectivity index (χ3v) is 2.60. The van der Waals surface area contributed by atoms with Crippen molar-refractivity contribution in [3.8, 4) is 0 Å². The fraction of sp³-hybridized carbons (Fsp3) is 0.917. The molecule has 0 saturated carbocycles. The van der Waals surface area contributed by atoms with Crippen molar-refractivity contribution in [1.29, 1.82) is 0 Å². The molecule has 3 heteroatoms. The van der Waals surface area contributed by atoms with Crippen LogP contribution in [0, 0.1) is 11.8 Å². The molecule has 2 unspecified atom stereocenters. The Hall–Kier alpha value is -0.570. The normalized spacial score (nSPS) is 15.4. The third kappa shape index (κ3) is 7.37. The molecule has 2 atom stereocenters. The van der Waals surface area contributed by atoms with Crippen LogP contribution in [-0.4, -0.2) is 25.0 Å². The summed E-state index contributed by atoms with van der Waals surface area (Å²) in [5.74, 6) is 1.18. The molecule has 2 N–H and O–H groups in total. The van der Waals surface area contributed by atoms with E-state index in [4.69, 9.17) is 0 Å². The lowest BCUT2D eigenvalue weighted by Gasteiger charge is -2.23. The van der Waals surface area contributed by atoms with Crippen molar-refractivity contribution in [2.45, 2.75) is 53.1 Å². The van der Waals surface area contributed by atoms with Crippen LogP contribution >= 0.6 is 0 Å². The highest BCUT2D eigenvalue weighted by Crippen LogP contribution is 2.05. The smallest absolute Gasteiger partial charge is 0.207 e. The van der Waals surface area contributed by atoms with Gasteiger partial charge in [0.2, 0.25) is 6.41 Å². The fourth-order valence-electron chi connectivity index (χ4n) is 1.69. The molecular weight excluding hydrogens is 188 g/mol. The summed E-state index contributed by atoms with van der Waals surface area (Å²) in [5, 5.41) is 6.31. The van der Waals surface area contributed by atoms with Crippen LogP contribution in [0.2, 0.25) is 0 Å². The number of hydrogen-bond acceptors (Lipinski definition) is 2. The maximum absolute atomic E-state index is 10.4. The van der Waals surface area contributed by atoms with Crippen LogP contribution in [0.5, 0.6) is 0 Å². The second kappa shape index (κ2) is 7.69. The highest BCUT2D eigenvalue weighted by atomic mass is 16.1. The van der Waals surface area contributed by atoms with Gasteiger partial charge in [0.1, 0.15) is 0 Å². The Labute approximate surface area is 94.0 Å². The van der Waals surface area contributed by atoms with Gasteiger partial charge in [0.25, 0.3) is 0 Å². The maximum Gasteiger partial charge on any atom is 0.207 e. The molecule has 3 nitrogen and oxygen atoms in total. The zero-order valence-corrected chi connectivity index (χ0v) is 10.7. The molecule has 0 bridgehead atoms. The summed E-state index contributed by atoms with van der Waals surface area (Å²) < 4.78 is 0. The molecule has 0 radical (unpaired) electrons. The van der Waals surface area contributed by atoms with E-state index in [0.29, 0.717) is 17.9 Å². The molecule has 90 valence electrons. The molecule has 0 aliphatic carbocycles. The van der Waals surface area contributed by atoms with Gasteiger partial charge in [-0.15, -0.1) is 0 Å². The Morgan fingerprint density at radius 2 is 1.73 bits per heavy atom. The van der Waals surface area contributed by atoms with Crippen molar-refractivity contribution < 1.29 is 4.79 Å². The SMILES string of the molecule is CC(C)CC(C)NCC(NC=O)C(C)C. The molecule has 0 aliphatic heterocycles. The van der Waals surface area contributed by atoms with Crippen molar-refractivity contribution in [1.82, 2.24) is 10.6 Å². The van der Waals surface area contributed by atoms with E-state index in [1.54, 1.807) is 0 Å². The zero-order chi connectivity index (χ0) is 11.8. The second-order valence-electron chi connectivity index (χ2n) is 5.07. The van der Waals surface area contributed by atoms with E-state index in [-0.39, 0.29) is 6.04 Å². The van der Waals surface area contributed by atoms with E-state index in [0.717, 1.165) is 13.0 Å². The first-order valence-electron chi connectivity index (χ1n) is 5.90. The van der Waals surface area contributed by atoms with Gasteiger partial charge >= 0.3 is 0 Å². The Morgan fingerprint density at radius 1 is 1.13 bits per heavy atom. The van der Waals surface area contributed by atoms with Gasteiger partial charge < -0.3 is 10.6 Å². The summed E-state index contributed by atoms with van der Waals surface area (Å²) in [6, 6.07) is 0.747. The molecule has 0 fully saturated rings. The van der Waals surface area contributed by atoms with Crippen molar-refractivity contribution in [3.63, 3.8) is 0 Å². The molecule has 0 aromatic carbocycles. The standard InChI is InChI=1S/C12H26N2O/c1-9(2)6-11(5)13-7-12(10(3)4)14-8-15/h8-13H,6-7H2,1-5H3,(H,14,15). The molecule has 0 aromatic heterocycles. The van der Waals surface area contributed by atoms with E-state index in [1.165, 1.54) is 6.42 Å². The molecule has 0 rings (SSSR count). The maximum atomic E-state index is 10.4. The van der Waals surface area contributed by atoms with Crippen molar-refractivity contribution >= 4 is 6.41 Å². The fourth-order valence-corrected chi connectivity index (χ4v) is 1.69. The van der Waals surface area contributed by atoms with Crippen LogP contribution in [0.4, 0.5) is 0 Å². The van der Waals surface area contributed by atoms with E-state index < -0.39 is 0 Å². The molecular formula is C12H26N2O. The van der Waals surface area contributed by atoms with E-state index in [1.807, 2.05) is 0 Å². The second-order valence-corrected chi connectivity index (χ2v) is 5.07. The summed E-state index contributed by atoms with van der Waals surface area (Å²) >= 11 is 0. The summed E-state index contributed by atoms with van der Waals surface area (Å²) in [6.45, 7) is 11.7. The Kier molecular flexibility index (Phi) is 7.39. The number of nitrogens with one attached hydrogen (secondary N) is 2. The minimum Gasteiger partial charge on any atom is -0.354 e. The van der Waals surface area contributed by atoms with Gasteiger partial charge in [-0.3, -0.25) is 4.79 Å². The van der Waals surface area contributed by atoms with Gasteiger partial charge in [-0.1, -0.05) is 27.7 Å². The number of rotatable bonds is 8. The third-order valence-electron chi connectivity index (χ3n) is 2.60. The number of carbonyl (C=O) groups is 1. The first-order valence-corrected chi connectivity index (χ1v) is 5.90. The summed E-state index contributed by atoms with van der Waals surface area (Å²) in [5.41, 5.74) is 0. The molecule has 0 saturated heterocycles. The molecule has 0 aliphatic rings. The van der Waals surface area contributed by atoms with Gasteiger partial charge in [-0.2, -0.15) is 0 Å². The van der Waals surface area contributed by atoms with Gasteiger partial charge in [-0.25, -0.2) is 0 Å². The predicted molar refractivity (Wildman–Crippen MR) is 64.7 cm³/mol. The van der Waals surface area contributed by atoms with E-state index in [2.05, 4.69) is 45.3 Å². The van der Waals surface area contributed by atoms with Crippen LogP contribution in [0.1, 0.15) is 41.0 Å². The molecule has 0 spiro atoms. The first kappa shape index (κ1) is 14.4. The van der Waals surface area contributed by atoms with Crippen molar-refractivity contribution in [2.24, 2.45) is 11.8 Å². The van der Waals surface area contributed by atoms with Crippen molar-refractivity contribution in [3.05, 3.63) is 0 Å². The average molecular weight is 214 g/mol. The predicted octanol–water partition coefficient (Wildman–Crippen LogP) is 1.78. The van der Waals surface area contributed by atoms with Gasteiger partial charge in [0.15, 0.2) is 0 Å². The van der Waals surface area contributed by atoms with E-state index >= 15 is 0 Å². The molecule has 0 heterocycles. The lowest BCUT2D eigenvalue weighted by Crippen LogP contribution is -2.44. The van der Waals surface area contributed by atoms with Crippen LogP contribution in [-0.2, 0) is 4.79 Å². The number of hydrogen-bond donors (Lipinski definition) is 2. The summed E-state index contributed by atoms with van der Waals surface area (Å²) in [4.78, 5) is 10.4. The minimum atomic E-state index is 0.233. The molecule has 1 amide bonds. The monoisotopic (exact) mass is 214 g/mol. The average Bonchev–Trinajstić information content (AvgIpc) is 2.10. The Balaban J connectivity index is 3.82. The molecule has 0 aromatic rings. The number of carbonyl (C=O) groups excluding carboxylic acids is 1.